The largest absolute Gasteiger partial charge is 0.387 e. The quantitative estimate of drug-likeness (QED) is 0.883. The highest BCUT2D eigenvalue weighted by Gasteiger charge is 2.13. The number of hydrogen-bond acceptors (Lipinski definition) is 3. The fraction of sp³-hybridized carbons (Fsp3) is 0.286. The van der Waals surface area contributed by atoms with E-state index in [1.165, 1.54) is 10.4 Å². The van der Waals surface area contributed by atoms with E-state index < -0.39 is 17.7 Å². The van der Waals surface area contributed by atoms with Crippen molar-refractivity contribution in [1.29, 1.82) is 0 Å². The molecule has 1 unspecified atom stereocenters. The minimum atomic E-state index is -1.06. The molecule has 102 valence electrons. The van der Waals surface area contributed by atoms with E-state index in [0.29, 0.717) is 6.54 Å². The lowest BCUT2D eigenvalue weighted by Gasteiger charge is -2.13. The maximum atomic E-state index is 13.4. The fourth-order valence-electron chi connectivity index (χ4n) is 1.79. The maximum Gasteiger partial charge on any atom is 0.129 e. The number of aryl methyl sites for hydroxylation is 1. The Hall–Kier alpha value is -1.30. The normalized spacial score (nSPS) is 12.6. The highest BCUT2D eigenvalue weighted by Crippen LogP contribution is 2.19. The van der Waals surface area contributed by atoms with Crippen LogP contribution in [0.5, 0.6) is 0 Å². The van der Waals surface area contributed by atoms with Crippen molar-refractivity contribution in [3.8, 4) is 0 Å². The molecule has 2 nitrogen and oxygen atoms in total. The summed E-state index contributed by atoms with van der Waals surface area (Å²) >= 11 is 1.62. The Balaban J connectivity index is 1.92. The van der Waals surface area contributed by atoms with Crippen molar-refractivity contribution in [2.24, 2.45) is 0 Å². The van der Waals surface area contributed by atoms with Gasteiger partial charge < -0.3 is 10.4 Å². The molecule has 0 aliphatic rings. The van der Waals surface area contributed by atoms with Gasteiger partial charge in [0.15, 0.2) is 0 Å². The molecule has 1 heterocycles. The Morgan fingerprint density at radius 2 is 2.11 bits per heavy atom. The molecule has 0 saturated heterocycles. The van der Waals surface area contributed by atoms with Crippen LogP contribution >= 0.6 is 11.3 Å². The fourth-order valence-corrected chi connectivity index (χ4v) is 2.66. The second kappa shape index (κ2) is 6.23. The Bertz CT molecular complexity index is 556. The molecule has 19 heavy (non-hydrogen) atoms. The van der Waals surface area contributed by atoms with Gasteiger partial charge in [-0.15, -0.1) is 11.3 Å². The summed E-state index contributed by atoms with van der Waals surface area (Å²) in [5.74, 6) is -1.15. The van der Waals surface area contributed by atoms with Crippen molar-refractivity contribution in [2.75, 3.05) is 6.54 Å². The number of hydrogen-bond donors (Lipinski definition) is 2. The Labute approximate surface area is 114 Å². The molecule has 1 atom stereocenters. The zero-order chi connectivity index (χ0) is 13.8. The molecule has 0 aliphatic carbocycles. The summed E-state index contributed by atoms with van der Waals surface area (Å²) in [5, 5.41) is 14.9. The summed E-state index contributed by atoms with van der Waals surface area (Å²) < 4.78 is 26.4. The molecular weight excluding hydrogens is 268 g/mol. The zero-order valence-electron chi connectivity index (χ0n) is 10.5. The zero-order valence-corrected chi connectivity index (χ0v) is 11.3. The number of aliphatic hydroxyl groups excluding tert-OH is 1. The van der Waals surface area contributed by atoms with Crippen LogP contribution in [0.4, 0.5) is 8.78 Å². The Morgan fingerprint density at radius 1 is 1.32 bits per heavy atom. The van der Waals surface area contributed by atoms with E-state index in [9.17, 15) is 13.9 Å². The summed E-state index contributed by atoms with van der Waals surface area (Å²) in [6.07, 6.45) is -1.06. The third-order valence-corrected chi connectivity index (χ3v) is 3.93. The molecule has 0 radical (unpaired) electrons. The van der Waals surface area contributed by atoms with E-state index in [1.54, 1.807) is 11.3 Å². The molecule has 0 bridgehead atoms. The highest BCUT2D eigenvalue weighted by atomic mass is 32.1. The third-order valence-electron chi connectivity index (χ3n) is 2.91. The number of halogens is 2. The molecular formula is C14H15F2NOS. The van der Waals surface area contributed by atoms with Gasteiger partial charge in [-0.3, -0.25) is 0 Å². The molecule has 1 aromatic carbocycles. The van der Waals surface area contributed by atoms with Gasteiger partial charge in [0.2, 0.25) is 0 Å². The summed E-state index contributed by atoms with van der Waals surface area (Å²) in [7, 11) is 0. The first-order chi connectivity index (χ1) is 9.08. The average molecular weight is 283 g/mol. The SMILES string of the molecule is Cc1ccsc1CNCC(O)c1cc(F)ccc1F. The van der Waals surface area contributed by atoms with Crippen LogP contribution in [-0.4, -0.2) is 11.7 Å². The molecule has 0 saturated carbocycles. The van der Waals surface area contributed by atoms with E-state index in [2.05, 4.69) is 5.32 Å². The van der Waals surface area contributed by atoms with Crippen molar-refractivity contribution in [1.82, 2.24) is 5.32 Å². The van der Waals surface area contributed by atoms with Crippen LogP contribution in [-0.2, 0) is 6.54 Å². The topological polar surface area (TPSA) is 32.3 Å². The monoisotopic (exact) mass is 283 g/mol. The summed E-state index contributed by atoms with van der Waals surface area (Å²) in [6.45, 7) is 2.80. The van der Waals surface area contributed by atoms with Gasteiger partial charge in [-0.25, -0.2) is 8.78 Å². The summed E-state index contributed by atoms with van der Waals surface area (Å²) in [4.78, 5) is 1.17. The van der Waals surface area contributed by atoms with Gasteiger partial charge in [-0.2, -0.15) is 0 Å². The van der Waals surface area contributed by atoms with Gasteiger partial charge in [-0.05, 0) is 42.1 Å². The van der Waals surface area contributed by atoms with Gasteiger partial charge in [0.05, 0.1) is 6.10 Å². The lowest BCUT2D eigenvalue weighted by atomic mass is 10.1. The molecule has 2 N–H and O–H groups in total. The molecule has 0 aliphatic heterocycles. The van der Waals surface area contributed by atoms with Crippen molar-refractivity contribution < 1.29 is 13.9 Å². The van der Waals surface area contributed by atoms with Crippen molar-refractivity contribution in [3.05, 3.63) is 57.3 Å². The Kier molecular flexibility index (Phi) is 4.63. The molecule has 2 rings (SSSR count). The molecule has 2 aromatic rings. The van der Waals surface area contributed by atoms with Crippen LogP contribution < -0.4 is 5.32 Å². The van der Waals surface area contributed by atoms with Gasteiger partial charge in [-0.1, -0.05) is 0 Å². The van der Waals surface area contributed by atoms with E-state index >= 15 is 0 Å². The van der Waals surface area contributed by atoms with Crippen LogP contribution in [0, 0.1) is 18.6 Å². The predicted molar refractivity (Wildman–Crippen MR) is 72.1 cm³/mol. The minimum Gasteiger partial charge on any atom is -0.387 e. The summed E-state index contributed by atoms with van der Waals surface area (Å²) in [5.41, 5.74) is 1.17. The van der Waals surface area contributed by atoms with Crippen molar-refractivity contribution >= 4 is 11.3 Å². The van der Waals surface area contributed by atoms with Crippen LogP contribution in [0.15, 0.2) is 29.6 Å². The average Bonchev–Trinajstić information content (AvgIpc) is 2.78. The number of rotatable bonds is 5. The van der Waals surface area contributed by atoms with E-state index in [4.69, 9.17) is 0 Å². The van der Waals surface area contributed by atoms with Gasteiger partial charge >= 0.3 is 0 Å². The maximum absolute atomic E-state index is 13.4. The van der Waals surface area contributed by atoms with Gasteiger partial charge in [0, 0.05) is 23.5 Å². The lowest BCUT2D eigenvalue weighted by molar-refractivity contribution is 0.169. The number of aliphatic hydroxyl groups is 1. The molecule has 1 aromatic heterocycles. The smallest absolute Gasteiger partial charge is 0.129 e. The highest BCUT2D eigenvalue weighted by molar-refractivity contribution is 7.10. The van der Waals surface area contributed by atoms with Crippen LogP contribution in [0.3, 0.4) is 0 Å². The Morgan fingerprint density at radius 3 is 2.79 bits per heavy atom. The van der Waals surface area contributed by atoms with Crippen LogP contribution in [0.1, 0.15) is 22.1 Å². The standard InChI is InChI=1S/C14H15F2NOS/c1-9-4-5-19-14(9)8-17-7-13(18)11-6-10(15)2-3-12(11)16/h2-6,13,17-18H,7-8H2,1H3. The number of thiophene rings is 1. The number of benzene rings is 1. The third kappa shape index (κ3) is 3.59. The molecule has 0 amide bonds. The summed E-state index contributed by atoms with van der Waals surface area (Å²) in [6, 6.07) is 5.10. The first-order valence-electron chi connectivity index (χ1n) is 5.94. The van der Waals surface area contributed by atoms with E-state index in [0.717, 1.165) is 18.2 Å². The first-order valence-corrected chi connectivity index (χ1v) is 6.82. The molecule has 0 spiro atoms. The van der Waals surface area contributed by atoms with Crippen LogP contribution in [0.2, 0.25) is 0 Å². The predicted octanol–water partition coefficient (Wildman–Crippen LogP) is 3.16. The van der Waals surface area contributed by atoms with E-state index in [-0.39, 0.29) is 12.1 Å². The second-order valence-electron chi connectivity index (χ2n) is 4.34. The van der Waals surface area contributed by atoms with E-state index in [1.807, 2.05) is 18.4 Å². The van der Waals surface area contributed by atoms with Crippen molar-refractivity contribution in [3.63, 3.8) is 0 Å². The molecule has 0 fully saturated rings. The van der Waals surface area contributed by atoms with Gasteiger partial charge in [0.1, 0.15) is 11.6 Å². The van der Waals surface area contributed by atoms with Crippen molar-refractivity contribution in [2.45, 2.75) is 19.6 Å². The number of nitrogens with one attached hydrogen (secondary N) is 1. The second-order valence-corrected chi connectivity index (χ2v) is 5.34. The van der Waals surface area contributed by atoms with Gasteiger partial charge in [0.25, 0.3) is 0 Å². The van der Waals surface area contributed by atoms with Crippen LogP contribution in [0.25, 0.3) is 0 Å². The first kappa shape index (κ1) is 14.1. The lowest BCUT2D eigenvalue weighted by Crippen LogP contribution is -2.21. The molecule has 5 heteroatoms. The minimum absolute atomic E-state index is 0.0181.